The molecule has 0 unspecified atom stereocenters. The Kier molecular flexibility index (Phi) is 7.31. The standard InChI is InChI=1S/C25H31N7OS/c1-5-13-32-22(19-7-9-20(10-8-19)25(2,3)4)28-29-24(32)34-18-21(33)30-14-16-31(17-15-30)23-26-11-6-12-27-23/h5-12H,1,13-18H2,2-4H3. The Balaban J connectivity index is 1.39. The fourth-order valence-electron chi connectivity index (χ4n) is 3.85. The maximum absolute atomic E-state index is 12.9. The second-order valence-electron chi connectivity index (χ2n) is 9.24. The topological polar surface area (TPSA) is 80.0 Å². The van der Waals surface area contributed by atoms with Gasteiger partial charge in [0.15, 0.2) is 11.0 Å². The van der Waals surface area contributed by atoms with Crippen molar-refractivity contribution in [3.05, 3.63) is 60.9 Å². The van der Waals surface area contributed by atoms with E-state index in [-0.39, 0.29) is 11.3 Å². The summed E-state index contributed by atoms with van der Waals surface area (Å²) in [6, 6.07) is 10.2. The highest BCUT2D eigenvalue weighted by Gasteiger charge is 2.23. The normalized spacial score (nSPS) is 14.3. The van der Waals surface area contributed by atoms with Crippen molar-refractivity contribution in [2.45, 2.75) is 37.9 Å². The zero-order valence-corrected chi connectivity index (χ0v) is 20.8. The maximum Gasteiger partial charge on any atom is 0.233 e. The lowest BCUT2D eigenvalue weighted by Crippen LogP contribution is -2.49. The number of thioether (sulfide) groups is 1. The van der Waals surface area contributed by atoms with Crippen LogP contribution in [-0.4, -0.2) is 67.5 Å². The Hall–Kier alpha value is -3.20. The van der Waals surface area contributed by atoms with E-state index < -0.39 is 0 Å². The summed E-state index contributed by atoms with van der Waals surface area (Å²) >= 11 is 1.42. The van der Waals surface area contributed by atoms with Gasteiger partial charge in [-0.2, -0.15) is 0 Å². The zero-order chi connectivity index (χ0) is 24.1. The lowest BCUT2D eigenvalue weighted by atomic mass is 9.87. The van der Waals surface area contributed by atoms with Crippen LogP contribution in [-0.2, 0) is 16.8 Å². The number of aromatic nitrogens is 5. The molecule has 0 N–H and O–H groups in total. The smallest absolute Gasteiger partial charge is 0.233 e. The number of rotatable bonds is 7. The molecule has 178 valence electrons. The van der Waals surface area contributed by atoms with Crippen LogP contribution in [0.15, 0.2) is 60.5 Å². The van der Waals surface area contributed by atoms with E-state index in [4.69, 9.17) is 0 Å². The van der Waals surface area contributed by atoms with Crippen molar-refractivity contribution in [1.82, 2.24) is 29.6 Å². The minimum Gasteiger partial charge on any atom is -0.338 e. The number of benzene rings is 1. The molecule has 8 nitrogen and oxygen atoms in total. The monoisotopic (exact) mass is 477 g/mol. The molecule has 1 aliphatic rings. The molecule has 1 aliphatic heterocycles. The highest BCUT2D eigenvalue weighted by Crippen LogP contribution is 2.28. The van der Waals surface area contributed by atoms with Crippen LogP contribution >= 0.6 is 11.8 Å². The molecule has 0 saturated carbocycles. The predicted octanol–water partition coefficient (Wildman–Crippen LogP) is 3.66. The van der Waals surface area contributed by atoms with Crippen LogP contribution in [0.4, 0.5) is 5.95 Å². The number of anilines is 1. The quantitative estimate of drug-likeness (QED) is 0.379. The summed E-state index contributed by atoms with van der Waals surface area (Å²) < 4.78 is 2.02. The third kappa shape index (κ3) is 5.47. The summed E-state index contributed by atoms with van der Waals surface area (Å²) in [4.78, 5) is 25.5. The number of piperazine rings is 1. The van der Waals surface area contributed by atoms with Crippen molar-refractivity contribution in [3.63, 3.8) is 0 Å². The van der Waals surface area contributed by atoms with Gasteiger partial charge in [-0.15, -0.1) is 16.8 Å². The van der Waals surface area contributed by atoms with Gasteiger partial charge in [-0.3, -0.25) is 9.36 Å². The Morgan fingerprint density at radius 3 is 2.35 bits per heavy atom. The first-order chi connectivity index (χ1) is 16.4. The number of allylic oxidation sites excluding steroid dienone is 1. The first-order valence-electron chi connectivity index (χ1n) is 11.4. The van der Waals surface area contributed by atoms with Crippen LogP contribution < -0.4 is 4.90 Å². The molecule has 1 aromatic carbocycles. The van der Waals surface area contributed by atoms with E-state index in [1.54, 1.807) is 18.5 Å². The third-order valence-electron chi connectivity index (χ3n) is 5.83. The summed E-state index contributed by atoms with van der Waals surface area (Å²) in [6.45, 7) is 13.8. The van der Waals surface area contributed by atoms with Gasteiger partial charge in [-0.25, -0.2) is 9.97 Å². The van der Waals surface area contributed by atoms with Crippen molar-refractivity contribution < 1.29 is 4.79 Å². The third-order valence-corrected chi connectivity index (χ3v) is 6.78. The highest BCUT2D eigenvalue weighted by molar-refractivity contribution is 7.99. The molecule has 2 aromatic heterocycles. The molecule has 1 fully saturated rings. The van der Waals surface area contributed by atoms with Crippen molar-refractivity contribution in [1.29, 1.82) is 0 Å². The number of amides is 1. The number of nitrogens with zero attached hydrogens (tertiary/aromatic N) is 7. The van der Waals surface area contributed by atoms with E-state index in [1.165, 1.54) is 17.3 Å². The zero-order valence-electron chi connectivity index (χ0n) is 20.0. The van der Waals surface area contributed by atoms with Crippen LogP contribution in [0.5, 0.6) is 0 Å². The molecule has 0 spiro atoms. The first kappa shape index (κ1) is 23.9. The molecule has 0 aliphatic carbocycles. The molecule has 4 rings (SSSR count). The fourth-order valence-corrected chi connectivity index (χ4v) is 4.70. The van der Waals surface area contributed by atoms with Crippen molar-refractivity contribution >= 4 is 23.6 Å². The van der Waals surface area contributed by atoms with E-state index in [0.717, 1.165) is 29.6 Å². The van der Waals surface area contributed by atoms with Crippen LogP contribution in [0.2, 0.25) is 0 Å². The predicted molar refractivity (Wildman–Crippen MR) is 136 cm³/mol. The van der Waals surface area contributed by atoms with E-state index >= 15 is 0 Å². The first-order valence-corrected chi connectivity index (χ1v) is 12.4. The molecule has 3 aromatic rings. The molecule has 1 amide bonds. The van der Waals surface area contributed by atoms with E-state index in [0.29, 0.717) is 31.3 Å². The largest absolute Gasteiger partial charge is 0.338 e. The van der Waals surface area contributed by atoms with Gasteiger partial charge in [-0.05, 0) is 17.0 Å². The van der Waals surface area contributed by atoms with E-state index in [2.05, 4.69) is 76.7 Å². The molecule has 34 heavy (non-hydrogen) atoms. The molecular formula is C25H31N7OS. The Bertz CT molecular complexity index is 1110. The molecule has 0 atom stereocenters. The van der Waals surface area contributed by atoms with E-state index in [1.807, 2.05) is 15.5 Å². The Morgan fingerprint density at radius 1 is 1.06 bits per heavy atom. The molecule has 9 heteroatoms. The summed E-state index contributed by atoms with van der Waals surface area (Å²) in [5.41, 5.74) is 2.36. The SMILES string of the molecule is C=CCn1c(SCC(=O)N2CCN(c3ncccn3)CC2)nnc1-c1ccc(C(C)(C)C)cc1. The lowest BCUT2D eigenvalue weighted by Gasteiger charge is -2.34. The summed E-state index contributed by atoms with van der Waals surface area (Å²) in [5, 5.41) is 9.54. The Morgan fingerprint density at radius 2 is 1.74 bits per heavy atom. The van der Waals surface area contributed by atoms with Crippen molar-refractivity contribution in [3.8, 4) is 11.4 Å². The maximum atomic E-state index is 12.9. The number of carbonyl (C=O) groups excluding carboxylic acids is 1. The van der Waals surface area contributed by atoms with Gasteiger partial charge in [-0.1, -0.05) is 62.9 Å². The summed E-state index contributed by atoms with van der Waals surface area (Å²) in [5.74, 6) is 1.92. The van der Waals surface area contributed by atoms with Crippen molar-refractivity contribution in [2.24, 2.45) is 0 Å². The highest BCUT2D eigenvalue weighted by atomic mass is 32.2. The molecule has 3 heterocycles. The van der Waals surface area contributed by atoms with Crippen LogP contribution in [0.1, 0.15) is 26.3 Å². The fraction of sp³-hybridized carbons (Fsp3) is 0.400. The van der Waals surface area contributed by atoms with Gasteiger partial charge in [0, 0.05) is 50.7 Å². The number of carbonyl (C=O) groups is 1. The van der Waals surface area contributed by atoms with Gasteiger partial charge in [0.25, 0.3) is 0 Å². The minimum atomic E-state index is 0.0916. The van der Waals surface area contributed by atoms with Gasteiger partial charge in [0.2, 0.25) is 11.9 Å². The number of hydrogen-bond acceptors (Lipinski definition) is 7. The summed E-state index contributed by atoms with van der Waals surface area (Å²) in [6.07, 6.45) is 5.30. The van der Waals surface area contributed by atoms with Crippen LogP contribution in [0, 0.1) is 0 Å². The Labute approximate surface area is 205 Å². The van der Waals surface area contributed by atoms with Gasteiger partial charge >= 0.3 is 0 Å². The number of hydrogen-bond donors (Lipinski definition) is 0. The van der Waals surface area contributed by atoms with Crippen LogP contribution in [0.3, 0.4) is 0 Å². The van der Waals surface area contributed by atoms with Gasteiger partial charge in [0.05, 0.1) is 5.75 Å². The minimum absolute atomic E-state index is 0.0916. The lowest BCUT2D eigenvalue weighted by molar-refractivity contribution is -0.128. The van der Waals surface area contributed by atoms with Crippen molar-refractivity contribution in [2.75, 3.05) is 36.8 Å². The second-order valence-corrected chi connectivity index (χ2v) is 10.2. The van der Waals surface area contributed by atoms with Gasteiger partial charge < -0.3 is 9.80 Å². The molecule has 1 saturated heterocycles. The van der Waals surface area contributed by atoms with Gasteiger partial charge in [0.1, 0.15) is 0 Å². The summed E-state index contributed by atoms with van der Waals surface area (Å²) in [7, 11) is 0. The second kappa shape index (κ2) is 10.4. The average Bonchev–Trinajstić information content (AvgIpc) is 3.25. The molecule has 0 radical (unpaired) electrons. The molecule has 0 bridgehead atoms. The molecular weight excluding hydrogens is 446 g/mol. The average molecular weight is 478 g/mol. The van der Waals surface area contributed by atoms with E-state index in [9.17, 15) is 4.79 Å². The van der Waals surface area contributed by atoms with Crippen LogP contribution in [0.25, 0.3) is 11.4 Å².